The highest BCUT2D eigenvalue weighted by atomic mass is 35.5. The molecule has 0 nitrogen and oxygen atoms in total. The van der Waals surface area contributed by atoms with Crippen LogP contribution in [0.4, 0.5) is 0 Å². The van der Waals surface area contributed by atoms with Crippen molar-refractivity contribution in [2.45, 2.75) is 5.88 Å². The minimum Gasteiger partial charge on any atom is -0.122 e. The lowest BCUT2D eigenvalue weighted by atomic mass is 9.85. The Bertz CT molecular complexity index is 990. The van der Waals surface area contributed by atoms with E-state index >= 15 is 0 Å². The molecule has 0 fully saturated rings. The van der Waals surface area contributed by atoms with E-state index in [1.54, 1.807) is 0 Å². The monoisotopic (exact) mass is 354 g/mol. The standard InChI is InChI=1S/C25H19Cl/c26-18-22-16-17-23(19-10-4-1-5-11-19)25(21-14-8-3-9-15-21)24(22)20-12-6-2-7-13-20/h1-17H,18H2. The third-order valence-corrected chi connectivity index (χ3v) is 4.93. The molecule has 26 heavy (non-hydrogen) atoms. The normalized spacial score (nSPS) is 10.7. The summed E-state index contributed by atoms with van der Waals surface area (Å²) in [5, 5.41) is 0. The minimum atomic E-state index is 0.485. The van der Waals surface area contributed by atoms with Gasteiger partial charge in [-0.15, -0.1) is 11.6 Å². The Labute approximate surface area is 159 Å². The highest BCUT2D eigenvalue weighted by molar-refractivity contribution is 6.18. The Morgan fingerprint density at radius 2 is 0.923 bits per heavy atom. The fourth-order valence-corrected chi connectivity index (χ4v) is 3.68. The number of hydrogen-bond donors (Lipinski definition) is 0. The first-order chi connectivity index (χ1) is 12.9. The number of benzene rings is 4. The van der Waals surface area contributed by atoms with Crippen molar-refractivity contribution < 1.29 is 0 Å². The average Bonchev–Trinajstić information content (AvgIpc) is 2.74. The first-order valence-electron chi connectivity index (χ1n) is 8.76. The lowest BCUT2D eigenvalue weighted by Gasteiger charge is -2.19. The third kappa shape index (κ3) is 3.16. The summed E-state index contributed by atoms with van der Waals surface area (Å²) in [4.78, 5) is 0. The predicted octanol–water partition coefficient (Wildman–Crippen LogP) is 7.43. The van der Waals surface area contributed by atoms with E-state index in [9.17, 15) is 0 Å². The van der Waals surface area contributed by atoms with Crippen LogP contribution in [0.3, 0.4) is 0 Å². The van der Waals surface area contributed by atoms with Gasteiger partial charge in [-0.05, 0) is 38.9 Å². The number of alkyl halides is 1. The van der Waals surface area contributed by atoms with Crippen LogP contribution in [-0.2, 0) is 5.88 Å². The van der Waals surface area contributed by atoms with Crippen molar-refractivity contribution in [3.05, 3.63) is 109 Å². The van der Waals surface area contributed by atoms with Crippen molar-refractivity contribution in [2.24, 2.45) is 0 Å². The molecule has 0 aliphatic rings. The molecule has 4 aromatic carbocycles. The van der Waals surface area contributed by atoms with Crippen LogP contribution in [0.5, 0.6) is 0 Å². The van der Waals surface area contributed by atoms with Crippen LogP contribution in [0.1, 0.15) is 5.56 Å². The first kappa shape index (κ1) is 16.6. The maximum atomic E-state index is 6.34. The molecule has 0 saturated carbocycles. The molecule has 0 aromatic heterocycles. The molecular formula is C25H19Cl. The van der Waals surface area contributed by atoms with E-state index in [4.69, 9.17) is 11.6 Å². The van der Waals surface area contributed by atoms with E-state index in [0.29, 0.717) is 5.88 Å². The van der Waals surface area contributed by atoms with E-state index in [0.717, 1.165) is 5.56 Å². The quantitative estimate of drug-likeness (QED) is 0.334. The van der Waals surface area contributed by atoms with Crippen molar-refractivity contribution >= 4 is 11.6 Å². The molecular weight excluding hydrogens is 336 g/mol. The van der Waals surface area contributed by atoms with Crippen molar-refractivity contribution in [3.8, 4) is 33.4 Å². The van der Waals surface area contributed by atoms with Crippen LogP contribution in [0.2, 0.25) is 0 Å². The molecule has 0 heterocycles. The van der Waals surface area contributed by atoms with Crippen LogP contribution >= 0.6 is 11.6 Å². The predicted molar refractivity (Wildman–Crippen MR) is 112 cm³/mol. The van der Waals surface area contributed by atoms with Crippen LogP contribution < -0.4 is 0 Å². The smallest absolute Gasteiger partial charge is 0.0480 e. The molecule has 1 heteroatoms. The van der Waals surface area contributed by atoms with E-state index in [-0.39, 0.29) is 0 Å². The minimum absolute atomic E-state index is 0.485. The van der Waals surface area contributed by atoms with Crippen LogP contribution in [0.15, 0.2) is 103 Å². The van der Waals surface area contributed by atoms with Gasteiger partial charge < -0.3 is 0 Å². The molecule has 0 unspecified atom stereocenters. The van der Waals surface area contributed by atoms with E-state index in [2.05, 4.69) is 97.1 Å². The van der Waals surface area contributed by atoms with Crippen LogP contribution in [0.25, 0.3) is 33.4 Å². The van der Waals surface area contributed by atoms with E-state index in [1.165, 1.54) is 33.4 Å². The molecule has 0 amide bonds. The maximum Gasteiger partial charge on any atom is 0.0480 e. The third-order valence-electron chi connectivity index (χ3n) is 4.65. The molecule has 0 saturated heterocycles. The number of hydrogen-bond acceptors (Lipinski definition) is 0. The molecule has 0 atom stereocenters. The van der Waals surface area contributed by atoms with Gasteiger partial charge in [0.1, 0.15) is 0 Å². The van der Waals surface area contributed by atoms with E-state index < -0.39 is 0 Å². The summed E-state index contributed by atoms with van der Waals surface area (Å²) < 4.78 is 0. The zero-order valence-electron chi connectivity index (χ0n) is 14.4. The van der Waals surface area contributed by atoms with Gasteiger partial charge >= 0.3 is 0 Å². The molecule has 0 aliphatic carbocycles. The average molecular weight is 355 g/mol. The second-order valence-electron chi connectivity index (χ2n) is 6.25. The maximum absolute atomic E-state index is 6.34. The molecule has 126 valence electrons. The molecule has 0 spiro atoms. The lowest BCUT2D eigenvalue weighted by Crippen LogP contribution is -1.95. The van der Waals surface area contributed by atoms with Gasteiger partial charge in [0.25, 0.3) is 0 Å². The zero-order valence-corrected chi connectivity index (χ0v) is 15.2. The second-order valence-corrected chi connectivity index (χ2v) is 6.52. The largest absolute Gasteiger partial charge is 0.122 e. The van der Waals surface area contributed by atoms with Gasteiger partial charge in [-0.25, -0.2) is 0 Å². The van der Waals surface area contributed by atoms with Crippen molar-refractivity contribution in [3.63, 3.8) is 0 Å². The van der Waals surface area contributed by atoms with Gasteiger partial charge in [-0.1, -0.05) is 103 Å². The van der Waals surface area contributed by atoms with Gasteiger partial charge in [0.15, 0.2) is 0 Å². The SMILES string of the molecule is ClCc1ccc(-c2ccccc2)c(-c2ccccc2)c1-c1ccccc1. The summed E-state index contributed by atoms with van der Waals surface area (Å²) >= 11 is 6.34. The Balaban J connectivity index is 2.09. The van der Waals surface area contributed by atoms with Crippen molar-refractivity contribution in [2.75, 3.05) is 0 Å². The summed E-state index contributed by atoms with van der Waals surface area (Å²) in [6.07, 6.45) is 0. The van der Waals surface area contributed by atoms with Gasteiger partial charge in [0, 0.05) is 5.88 Å². The highest BCUT2D eigenvalue weighted by Gasteiger charge is 2.17. The summed E-state index contributed by atoms with van der Waals surface area (Å²) in [7, 11) is 0. The van der Waals surface area contributed by atoms with Gasteiger partial charge in [-0.3, -0.25) is 0 Å². The fraction of sp³-hybridized carbons (Fsp3) is 0.0400. The number of halogens is 1. The molecule has 0 bridgehead atoms. The molecule has 0 radical (unpaired) electrons. The van der Waals surface area contributed by atoms with Gasteiger partial charge in [0.2, 0.25) is 0 Å². The van der Waals surface area contributed by atoms with Crippen LogP contribution in [-0.4, -0.2) is 0 Å². The van der Waals surface area contributed by atoms with Crippen molar-refractivity contribution in [1.29, 1.82) is 0 Å². The van der Waals surface area contributed by atoms with E-state index in [1.807, 2.05) is 6.07 Å². The summed E-state index contributed by atoms with van der Waals surface area (Å²) in [6, 6.07) is 36.0. The Morgan fingerprint density at radius 1 is 0.462 bits per heavy atom. The summed E-state index contributed by atoms with van der Waals surface area (Å²) in [5.41, 5.74) is 8.44. The lowest BCUT2D eigenvalue weighted by molar-refractivity contribution is 1.39. The van der Waals surface area contributed by atoms with Gasteiger partial charge in [0.05, 0.1) is 0 Å². The Morgan fingerprint density at radius 3 is 1.42 bits per heavy atom. The Hall–Kier alpha value is -2.83. The fourth-order valence-electron chi connectivity index (χ4n) is 3.45. The van der Waals surface area contributed by atoms with Gasteiger partial charge in [-0.2, -0.15) is 0 Å². The molecule has 0 N–H and O–H groups in total. The molecule has 4 rings (SSSR count). The van der Waals surface area contributed by atoms with Crippen LogP contribution in [0, 0.1) is 0 Å². The van der Waals surface area contributed by atoms with Crippen molar-refractivity contribution in [1.82, 2.24) is 0 Å². The molecule has 0 aliphatic heterocycles. The number of rotatable bonds is 4. The summed E-state index contributed by atoms with van der Waals surface area (Å²) in [5.74, 6) is 0.485. The topological polar surface area (TPSA) is 0 Å². The molecule has 4 aromatic rings. The zero-order chi connectivity index (χ0) is 17.8. The summed E-state index contributed by atoms with van der Waals surface area (Å²) in [6.45, 7) is 0. The second kappa shape index (κ2) is 7.59. The highest BCUT2D eigenvalue weighted by Crippen LogP contribution is 2.42. The Kier molecular flexibility index (Phi) is 4.86. The first-order valence-corrected chi connectivity index (χ1v) is 9.30.